The third kappa shape index (κ3) is 3.15. The van der Waals surface area contributed by atoms with Crippen LogP contribution in [0.25, 0.3) is 11.3 Å². The molecule has 1 saturated heterocycles. The van der Waals surface area contributed by atoms with Crippen molar-refractivity contribution in [2.24, 2.45) is 5.92 Å². The van der Waals surface area contributed by atoms with Crippen molar-refractivity contribution >= 4 is 10.0 Å². The molecule has 21 heavy (non-hydrogen) atoms. The molecule has 1 atom stereocenters. The van der Waals surface area contributed by atoms with Gasteiger partial charge in [-0.1, -0.05) is 17.3 Å². The summed E-state index contributed by atoms with van der Waals surface area (Å²) < 4.78 is 32.8. The van der Waals surface area contributed by atoms with Crippen LogP contribution in [0.15, 0.2) is 45.9 Å². The van der Waals surface area contributed by atoms with Crippen molar-refractivity contribution in [3.8, 4) is 11.3 Å². The fourth-order valence-corrected chi connectivity index (χ4v) is 3.78. The maximum atomic E-state index is 12.5. The van der Waals surface area contributed by atoms with E-state index in [1.165, 1.54) is 6.20 Å². The Labute approximate surface area is 123 Å². The summed E-state index contributed by atoms with van der Waals surface area (Å²) in [5, 5.41) is 6.86. The van der Waals surface area contributed by atoms with Gasteiger partial charge in [-0.3, -0.25) is 0 Å². The van der Waals surface area contributed by atoms with E-state index < -0.39 is 10.0 Å². The molecule has 7 heteroatoms. The Balaban J connectivity index is 1.85. The Morgan fingerprint density at radius 2 is 2.19 bits per heavy atom. The van der Waals surface area contributed by atoms with E-state index in [0.29, 0.717) is 23.8 Å². The number of nitrogens with zero attached hydrogens (tertiary/aromatic N) is 1. The number of sulfonamides is 1. The molecule has 6 nitrogen and oxygen atoms in total. The first kappa shape index (κ1) is 14.2. The maximum absolute atomic E-state index is 12.5. The molecule has 1 unspecified atom stereocenters. The van der Waals surface area contributed by atoms with Crippen molar-refractivity contribution in [3.63, 3.8) is 0 Å². The summed E-state index contributed by atoms with van der Waals surface area (Å²) in [4.78, 5) is 0.215. The molecule has 0 radical (unpaired) electrons. The molecule has 2 N–H and O–H groups in total. The molecule has 3 rings (SSSR count). The second-order valence-electron chi connectivity index (χ2n) is 5.08. The molecule has 0 amide bonds. The highest BCUT2D eigenvalue weighted by Gasteiger charge is 2.23. The van der Waals surface area contributed by atoms with Crippen LogP contribution in [0.2, 0.25) is 0 Å². The molecule has 0 spiro atoms. The summed E-state index contributed by atoms with van der Waals surface area (Å²) >= 11 is 0. The minimum Gasteiger partial charge on any atom is -0.356 e. The molecule has 0 aliphatic carbocycles. The molecule has 1 aromatic carbocycles. The van der Waals surface area contributed by atoms with Crippen LogP contribution >= 0.6 is 0 Å². The lowest BCUT2D eigenvalue weighted by atomic mass is 10.1. The highest BCUT2D eigenvalue weighted by Crippen LogP contribution is 2.26. The molecule has 2 aromatic rings. The number of benzene rings is 1. The molecule has 1 aliphatic heterocycles. The van der Waals surface area contributed by atoms with Crippen molar-refractivity contribution in [1.29, 1.82) is 0 Å². The van der Waals surface area contributed by atoms with Gasteiger partial charge in [-0.25, -0.2) is 13.1 Å². The molecule has 0 saturated carbocycles. The van der Waals surface area contributed by atoms with E-state index in [1.807, 2.05) is 0 Å². The van der Waals surface area contributed by atoms with Gasteiger partial charge in [0.2, 0.25) is 10.0 Å². The Hall–Kier alpha value is -1.70. The third-order valence-electron chi connectivity index (χ3n) is 3.60. The fourth-order valence-electron chi connectivity index (χ4n) is 2.45. The van der Waals surface area contributed by atoms with E-state index in [1.54, 1.807) is 30.3 Å². The standard InChI is InChI=1S/C14H17N3O3S/c18-21(19,17-10-11-5-7-15-9-11)14-4-2-1-3-12(14)13-6-8-16-20-13/h1-4,6,8,11,15,17H,5,7,9-10H2. The topological polar surface area (TPSA) is 84.2 Å². The summed E-state index contributed by atoms with van der Waals surface area (Å²) in [6, 6.07) is 8.41. The lowest BCUT2D eigenvalue weighted by Crippen LogP contribution is -2.30. The first-order valence-corrected chi connectivity index (χ1v) is 8.35. The van der Waals surface area contributed by atoms with E-state index in [2.05, 4.69) is 15.2 Å². The third-order valence-corrected chi connectivity index (χ3v) is 5.09. The molecular formula is C14H17N3O3S. The lowest BCUT2D eigenvalue weighted by molar-refractivity contribution is 0.431. The zero-order valence-corrected chi connectivity index (χ0v) is 12.3. The Morgan fingerprint density at radius 3 is 2.90 bits per heavy atom. The van der Waals surface area contributed by atoms with E-state index in [-0.39, 0.29) is 4.90 Å². The van der Waals surface area contributed by atoms with Gasteiger partial charge in [0.25, 0.3) is 0 Å². The van der Waals surface area contributed by atoms with Crippen molar-refractivity contribution in [3.05, 3.63) is 36.5 Å². The van der Waals surface area contributed by atoms with Crippen LogP contribution in [0.1, 0.15) is 6.42 Å². The minimum absolute atomic E-state index is 0.215. The predicted molar refractivity (Wildman–Crippen MR) is 78.1 cm³/mol. The monoisotopic (exact) mass is 307 g/mol. The van der Waals surface area contributed by atoms with Crippen molar-refractivity contribution in [2.75, 3.05) is 19.6 Å². The van der Waals surface area contributed by atoms with Crippen molar-refractivity contribution < 1.29 is 12.9 Å². The van der Waals surface area contributed by atoms with Crippen LogP contribution < -0.4 is 10.0 Å². The van der Waals surface area contributed by atoms with E-state index in [0.717, 1.165) is 19.5 Å². The second kappa shape index (κ2) is 5.97. The smallest absolute Gasteiger partial charge is 0.241 e. The predicted octanol–water partition coefficient (Wildman–Crippen LogP) is 1.23. The largest absolute Gasteiger partial charge is 0.356 e. The Kier molecular flexibility index (Phi) is 4.05. The highest BCUT2D eigenvalue weighted by atomic mass is 32.2. The average molecular weight is 307 g/mol. The number of rotatable bonds is 5. The number of nitrogens with one attached hydrogen (secondary N) is 2. The van der Waals surface area contributed by atoms with Gasteiger partial charge in [0, 0.05) is 18.2 Å². The van der Waals surface area contributed by atoms with Gasteiger partial charge in [0.15, 0.2) is 5.76 Å². The number of hydrogen-bond acceptors (Lipinski definition) is 5. The summed E-state index contributed by atoms with van der Waals surface area (Å²) in [6.45, 7) is 2.24. The zero-order chi connectivity index (χ0) is 14.7. The maximum Gasteiger partial charge on any atom is 0.241 e. The van der Waals surface area contributed by atoms with Crippen LogP contribution in [0.5, 0.6) is 0 Å². The molecule has 1 aliphatic rings. The molecule has 1 aromatic heterocycles. The van der Waals surface area contributed by atoms with Crippen LogP contribution in [0.3, 0.4) is 0 Å². The molecule has 1 fully saturated rings. The van der Waals surface area contributed by atoms with E-state index in [4.69, 9.17) is 4.52 Å². The molecule has 2 heterocycles. The van der Waals surface area contributed by atoms with Gasteiger partial charge in [-0.05, 0) is 37.6 Å². The normalized spacial score (nSPS) is 19.0. The van der Waals surface area contributed by atoms with Gasteiger partial charge < -0.3 is 9.84 Å². The lowest BCUT2D eigenvalue weighted by Gasteiger charge is -2.12. The van der Waals surface area contributed by atoms with Gasteiger partial charge in [0.1, 0.15) is 0 Å². The fraction of sp³-hybridized carbons (Fsp3) is 0.357. The van der Waals surface area contributed by atoms with Crippen molar-refractivity contribution in [1.82, 2.24) is 15.2 Å². The SMILES string of the molecule is O=S(=O)(NCC1CCNC1)c1ccccc1-c1ccno1. The Morgan fingerprint density at radius 1 is 1.33 bits per heavy atom. The van der Waals surface area contributed by atoms with Crippen LogP contribution in [0, 0.1) is 5.92 Å². The van der Waals surface area contributed by atoms with Gasteiger partial charge >= 0.3 is 0 Å². The second-order valence-corrected chi connectivity index (χ2v) is 6.82. The minimum atomic E-state index is -3.57. The average Bonchev–Trinajstić information content (AvgIpc) is 3.19. The first-order valence-electron chi connectivity index (χ1n) is 6.87. The molecule has 0 bridgehead atoms. The molecular weight excluding hydrogens is 290 g/mol. The van der Waals surface area contributed by atoms with Gasteiger partial charge in [-0.15, -0.1) is 0 Å². The number of aromatic nitrogens is 1. The Bertz CT molecular complexity index is 692. The summed E-state index contributed by atoms with van der Waals surface area (Å²) in [5.74, 6) is 0.788. The number of hydrogen-bond donors (Lipinski definition) is 2. The zero-order valence-electron chi connectivity index (χ0n) is 11.5. The van der Waals surface area contributed by atoms with Crippen LogP contribution in [0.4, 0.5) is 0 Å². The summed E-state index contributed by atoms with van der Waals surface area (Å²) in [7, 11) is -3.57. The highest BCUT2D eigenvalue weighted by molar-refractivity contribution is 7.89. The quantitative estimate of drug-likeness (QED) is 0.868. The van der Waals surface area contributed by atoms with Crippen molar-refractivity contribution in [2.45, 2.75) is 11.3 Å². The van der Waals surface area contributed by atoms with Crippen LogP contribution in [-0.4, -0.2) is 33.2 Å². The van der Waals surface area contributed by atoms with Crippen LogP contribution in [-0.2, 0) is 10.0 Å². The van der Waals surface area contributed by atoms with E-state index >= 15 is 0 Å². The summed E-state index contributed by atoms with van der Waals surface area (Å²) in [5.41, 5.74) is 0.520. The van der Waals surface area contributed by atoms with E-state index in [9.17, 15) is 8.42 Å². The summed E-state index contributed by atoms with van der Waals surface area (Å²) in [6.07, 6.45) is 2.49. The van der Waals surface area contributed by atoms with Gasteiger partial charge in [-0.2, -0.15) is 0 Å². The molecule has 112 valence electrons. The van der Waals surface area contributed by atoms with Gasteiger partial charge in [0.05, 0.1) is 11.1 Å². The first-order chi connectivity index (χ1) is 10.2.